The first-order valence-electron chi connectivity index (χ1n) is 12.2. The van der Waals surface area contributed by atoms with Gasteiger partial charge in [0, 0.05) is 0 Å². The van der Waals surface area contributed by atoms with Crippen molar-refractivity contribution >= 4 is 0 Å². The molecule has 0 amide bonds. The first-order valence-corrected chi connectivity index (χ1v) is 12.2. The third-order valence-corrected chi connectivity index (χ3v) is 9.57. The molecule has 0 spiro atoms. The van der Waals surface area contributed by atoms with Crippen LogP contribution in [0.2, 0.25) is 0 Å². The van der Waals surface area contributed by atoms with Crippen LogP contribution < -0.4 is 0 Å². The molecular weight excluding hydrogens is 360 g/mol. The molecule has 0 bridgehead atoms. The average molecular weight is 405 g/mol. The highest BCUT2D eigenvalue weighted by Gasteiger charge is 2.51. The van der Waals surface area contributed by atoms with E-state index in [2.05, 4.69) is 76.2 Å². The molecule has 0 nitrogen and oxygen atoms in total. The standard InChI is InChI=1S/C28H38.C2H6/c1-12-14(3)19(8)25-23(17(12)6)24-18(7)13(2)15(4)20(9)26(24)28-22(11)16(5)21(10)27(25)28;1-2/h16,21-22,27-28H,1-11H3;1-2H3. The van der Waals surface area contributed by atoms with Crippen LogP contribution in [0.25, 0.3) is 11.1 Å². The lowest BCUT2D eigenvalue weighted by Gasteiger charge is -2.40. The van der Waals surface area contributed by atoms with Gasteiger partial charge in [0.15, 0.2) is 0 Å². The van der Waals surface area contributed by atoms with Crippen molar-refractivity contribution < 1.29 is 0 Å². The van der Waals surface area contributed by atoms with Gasteiger partial charge in [0.2, 0.25) is 0 Å². The fourth-order valence-corrected chi connectivity index (χ4v) is 6.83. The number of fused-ring (bicyclic) bond motifs is 6. The van der Waals surface area contributed by atoms with Crippen molar-refractivity contribution in [3.8, 4) is 11.1 Å². The predicted octanol–water partition coefficient (Wildman–Crippen LogP) is 8.95. The molecule has 164 valence electrons. The lowest BCUT2D eigenvalue weighted by molar-refractivity contribution is 0.366. The van der Waals surface area contributed by atoms with E-state index in [0.29, 0.717) is 11.8 Å². The first kappa shape index (κ1) is 23.1. The number of hydrogen-bond acceptors (Lipinski definition) is 0. The van der Waals surface area contributed by atoms with Gasteiger partial charge in [-0.05, 0) is 152 Å². The monoisotopic (exact) mass is 404 g/mol. The van der Waals surface area contributed by atoms with Crippen LogP contribution in [0.3, 0.4) is 0 Å². The molecule has 4 unspecified atom stereocenters. The molecule has 4 rings (SSSR count). The Balaban J connectivity index is 0.00000124. The van der Waals surface area contributed by atoms with Crippen molar-refractivity contribution in [2.75, 3.05) is 0 Å². The molecule has 0 heteroatoms. The summed E-state index contributed by atoms with van der Waals surface area (Å²) in [6, 6.07) is 0. The van der Waals surface area contributed by atoms with Gasteiger partial charge in [0.25, 0.3) is 0 Å². The predicted molar refractivity (Wildman–Crippen MR) is 134 cm³/mol. The van der Waals surface area contributed by atoms with Gasteiger partial charge in [-0.15, -0.1) is 0 Å². The topological polar surface area (TPSA) is 0 Å². The average Bonchev–Trinajstić information content (AvgIpc) is 2.97. The summed E-state index contributed by atoms with van der Waals surface area (Å²) in [4.78, 5) is 0. The summed E-state index contributed by atoms with van der Waals surface area (Å²) in [5.41, 5.74) is 18.7. The third-order valence-electron chi connectivity index (χ3n) is 9.57. The van der Waals surface area contributed by atoms with Crippen molar-refractivity contribution in [1.29, 1.82) is 0 Å². The van der Waals surface area contributed by atoms with E-state index in [1.165, 1.54) is 33.4 Å². The Morgan fingerprint density at radius 2 is 0.633 bits per heavy atom. The van der Waals surface area contributed by atoms with Crippen molar-refractivity contribution in [2.45, 2.75) is 102 Å². The lowest BCUT2D eigenvalue weighted by Crippen LogP contribution is -2.24. The molecule has 0 aliphatic heterocycles. The van der Waals surface area contributed by atoms with Gasteiger partial charge >= 0.3 is 0 Å². The Bertz CT molecular complexity index is 923. The van der Waals surface area contributed by atoms with Crippen LogP contribution in [0, 0.1) is 73.1 Å². The van der Waals surface area contributed by atoms with Gasteiger partial charge in [-0.1, -0.05) is 34.6 Å². The summed E-state index contributed by atoms with van der Waals surface area (Å²) in [5.74, 6) is 3.54. The van der Waals surface area contributed by atoms with Crippen LogP contribution in [0.15, 0.2) is 0 Å². The van der Waals surface area contributed by atoms with E-state index >= 15 is 0 Å². The van der Waals surface area contributed by atoms with Crippen LogP contribution in [0.5, 0.6) is 0 Å². The minimum Gasteiger partial charge on any atom is -0.0683 e. The SMILES string of the molecule is CC.Cc1c(C)c(C)c2c(c1C)-c1c(C)c(C)c(C)c(C)c1C1C(C)C(C)C(C)C21. The maximum absolute atomic E-state index is 2.52. The van der Waals surface area contributed by atoms with Gasteiger partial charge in [-0.25, -0.2) is 0 Å². The number of rotatable bonds is 0. The third kappa shape index (κ3) is 2.78. The molecule has 0 N–H and O–H groups in total. The van der Waals surface area contributed by atoms with Crippen LogP contribution in [-0.2, 0) is 0 Å². The zero-order valence-corrected chi connectivity index (χ0v) is 21.9. The molecular formula is C30H44. The fourth-order valence-electron chi connectivity index (χ4n) is 6.83. The van der Waals surface area contributed by atoms with E-state index in [0.717, 1.165) is 17.8 Å². The second-order valence-corrected chi connectivity index (χ2v) is 10.2. The second kappa shape index (κ2) is 7.85. The van der Waals surface area contributed by atoms with Gasteiger partial charge in [0.1, 0.15) is 0 Å². The molecule has 0 radical (unpaired) electrons. The quantitative estimate of drug-likeness (QED) is 0.411. The molecule has 0 saturated heterocycles. The van der Waals surface area contributed by atoms with Gasteiger partial charge in [0.05, 0.1) is 0 Å². The maximum Gasteiger partial charge on any atom is -0.00528 e. The Kier molecular flexibility index (Phi) is 6.05. The Labute approximate surface area is 186 Å². The fraction of sp³-hybridized carbons (Fsp3) is 0.600. The van der Waals surface area contributed by atoms with Crippen molar-refractivity contribution in [3.05, 3.63) is 55.6 Å². The normalized spacial score (nSPS) is 26.5. The molecule has 2 aliphatic carbocycles. The molecule has 0 heterocycles. The van der Waals surface area contributed by atoms with E-state index in [4.69, 9.17) is 0 Å². The zero-order valence-electron chi connectivity index (χ0n) is 21.9. The Hall–Kier alpha value is -1.56. The summed E-state index contributed by atoms with van der Waals surface area (Å²) >= 11 is 0. The molecule has 1 saturated carbocycles. The smallest absolute Gasteiger partial charge is 0.00528 e. The molecule has 1 fully saturated rings. The molecule has 4 atom stereocenters. The van der Waals surface area contributed by atoms with Crippen LogP contribution in [0.4, 0.5) is 0 Å². The second-order valence-electron chi connectivity index (χ2n) is 10.2. The van der Waals surface area contributed by atoms with Gasteiger partial charge in [-0.2, -0.15) is 0 Å². The zero-order chi connectivity index (χ0) is 22.8. The summed E-state index contributed by atoms with van der Waals surface area (Å²) in [6.45, 7) is 30.4. The minimum atomic E-state index is 0.658. The van der Waals surface area contributed by atoms with Crippen LogP contribution >= 0.6 is 0 Å². The van der Waals surface area contributed by atoms with Crippen molar-refractivity contribution in [1.82, 2.24) is 0 Å². The van der Waals surface area contributed by atoms with E-state index in [1.54, 1.807) is 33.4 Å². The van der Waals surface area contributed by atoms with Crippen molar-refractivity contribution in [3.63, 3.8) is 0 Å². The number of benzene rings is 2. The molecule has 2 aromatic carbocycles. The number of hydrogen-bond donors (Lipinski definition) is 0. The van der Waals surface area contributed by atoms with Gasteiger partial charge in [-0.3, -0.25) is 0 Å². The summed E-state index contributed by atoms with van der Waals surface area (Å²) in [6.07, 6.45) is 0. The Morgan fingerprint density at radius 1 is 0.367 bits per heavy atom. The summed E-state index contributed by atoms with van der Waals surface area (Å²) in [7, 11) is 0. The Morgan fingerprint density at radius 3 is 0.933 bits per heavy atom. The molecule has 2 aromatic rings. The van der Waals surface area contributed by atoms with Gasteiger partial charge < -0.3 is 0 Å². The maximum atomic E-state index is 2.52. The minimum absolute atomic E-state index is 0.658. The van der Waals surface area contributed by atoms with E-state index in [-0.39, 0.29) is 0 Å². The van der Waals surface area contributed by atoms with E-state index in [9.17, 15) is 0 Å². The van der Waals surface area contributed by atoms with Crippen LogP contribution in [-0.4, -0.2) is 0 Å². The highest BCUT2D eigenvalue weighted by atomic mass is 14.5. The van der Waals surface area contributed by atoms with E-state index < -0.39 is 0 Å². The van der Waals surface area contributed by atoms with Crippen molar-refractivity contribution in [2.24, 2.45) is 17.8 Å². The molecule has 2 aliphatic rings. The lowest BCUT2D eigenvalue weighted by atomic mass is 9.63. The first-order chi connectivity index (χ1) is 14.0. The van der Waals surface area contributed by atoms with Crippen LogP contribution in [0.1, 0.15) is 102 Å². The molecule has 30 heavy (non-hydrogen) atoms. The molecule has 0 aromatic heterocycles. The largest absolute Gasteiger partial charge is 0.0683 e. The summed E-state index contributed by atoms with van der Waals surface area (Å²) in [5, 5.41) is 0. The summed E-state index contributed by atoms with van der Waals surface area (Å²) < 4.78 is 0. The highest BCUT2D eigenvalue weighted by Crippen LogP contribution is 2.64. The van der Waals surface area contributed by atoms with E-state index in [1.807, 2.05) is 13.8 Å². The highest BCUT2D eigenvalue weighted by molar-refractivity contribution is 5.85.